The first-order valence-corrected chi connectivity index (χ1v) is 5.39. The Morgan fingerprint density at radius 1 is 1.39 bits per heavy atom. The highest BCUT2D eigenvalue weighted by Crippen LogP contribution is 2.18. The molecule has 18 heavy (non-hydrogen) atoms. The van der Waals surface area contributed by atoms with E-state index in [1.165, 1.54) is 0 Å². The quantitative estimate of drug-likeness (QED) is 0.847. The van der Waals surface area contributed by atoms with Crippen molar-refractivity contribution in [3.8, 4) is 0 Å². The number of carbonyl (C=O) groups is 2. The normalized spacial score (nSPS) is 14.9. The van der Waals surface area contributed by atoms with Gasteiger partial charge in [-0.05, 0) is 19.9 Å². The highest BCUT2D eigenvalue weighted by molar-refractivity contribution is 6.16. The molecule has 0 aliphatic carbocycles. The number of hydrogen-bond donors (Lipinski definition) is 1. The van der Waals surface area contributed by atoms with E-state index >= 15 is 0 Å². The van der Waals surface area contributed by atoms with Gasteiger partial charge in [-0.2, -0.15) is 10.1 Å². The van der Waals surface area contributed by atoms with E-state index in [0.717, 1.165) is 16.4 Å². The molecule has 2 rings (SSSR count). The van der Waals surface area contributed by atoms with Crippen molar-refractivity contribution in [1.82, 2.24) is 9.97 Å². The molecule has 1 aromatic heterocycles. The van der Waals surface area contributed by atoms with E-state index in [1.807, 2.05) is 0 Å². The maximum atomic E-state index is 11.7. The minimum atomic E-state index is -1.01. The first kappa shape index (κ1) is 12.2. The van der Waals surface area contributed by atoms with Gasteiger partial charge in [-0.3, -0.25) is 9.59 Å². The van der Waals surface area contributed by atoms with E-state index in [4.69, 9.17) is 5.11 Å². The van der Waals surface area contributed by atoms with Crippen LogP contribution in [0.15, 0.2) is 11.2 Å². The molecule has 7 heteroatoms. The first-order valence-electron chi connectivity index (χ1n) is 5.39. The summed E-state index contributed by atoms with van der Waals surface area (Å²) in [4.78, 5) is 30.5. The van der Waals surface area contributed by atoms with Crippen LogP contribution in [0.5, 0.6) is 0 Å². The summed E-state index contributed by atoms with van der Waals surface area (Å²) in [6, 6.07) is 1.78. The van der Waals surface area contributed by atoms with E-state index in [1.54, 1.807) is 19.9 Å². The van der Waals surface area contributed by atoms with Gasteiger partial charge in [0.25, 0.3) is 11.9 Å². The van der Waals surface area contributed by atoms with E-state index in [2.05, 4.69) is 15.1 Å². The number of aliphatic carboxylic acids is 1. The van der Waals surface area contributed by atoms with Crippen molar-refractivity contribution in [2.75, 3.05) is 5.01 Å². The Bertz CT molecular complexity index is 533. The molecule has 7 nitrogen and oxygen atoms in total. The lowest BCUT2D eigenvalue weighted by molar-refractivity contribution is -0.135. The van der Waals surface area contributed by atoms with Gasteiger partial charge in [-0.1, -0.05) is 0 Å². The van der Waals surface area contributed by atoms with Crippen LogP contribution in [0.4, 0.5) is 5.95 Å². The third-order valence-corrected chi connectivity index (χ3v) is 2.35. The molecule has 0 atom stereocenters. The van der Waals surface area contributed by atoms with Crippen LogP contribution in [0.25, 0.3) is 0 Å². The lowest BCUT2D eigenvalue weighted by Gasteiger charge is -2.10. The standard InChI is InChI=1S/C11H12N4O3/c1-6-3-7(2)13-11(12-6)15-9(16)4-8(14-15)5-10(17)18/h3H,4-5H2,1-2H3,(H,17,18). The zero-order valence-corrected chi connectivity index (χ0v) is 10.0. The van der Waals surface area contributed by atoms with Crippen LogP contribution < -0.4 is 5.01 Å². The molecule has 0 saturated carbocycles. The molecule has 0 unspecified atom stereocenters. The number of carbonyl (C=O) groups excluding carboxylic acids is 1. The average molecular weight is 248 g/mol. The van der Waals surface area contributed by atoms with Crippen molar-refractivity contribution in [1.29, 1.82) is 0 Å². The fourth-order valence-corrected chi connectivity index (χ4v) is 1.71. The first-order chi connectivity index (χ1) is 8.45. The SMILES string of the molecule is Cc1cc(C)nc(N2N=C(CC(=O)O)CC2=O)n1. The van der Waals surface area contributed by atoms with Gasteiger partial charge in [-0.25, -0.2) is 9.97 Å². The second-order valence-electron chi connectivity index (χ2n) is 4.07. The summed E-state index contributed by atoms with van der Waals surface area (Å²) in [7, 11) is 0. The molecular weight excluding hydrogens is 236 g/mol. The average Bonchev–Trinajstić information content (AvgIpc) is 2.56. The Morgan fingerprint density at radius 2 is 2.00 bits per heavy atom. The number of carboxylic acid groups (broad SMARTS) is 1. The Kier molecular flexibility index (Phi) is 3.05. The number of hydrogen-bond acceptors (Lipinski definition) is 5. The number of nitrogens with zero attached hydrogens (tertiary/aromatic N) is 4. The van der Waals surface area contributed by atoms with Gasteiger partial charge >= 0.3 is 5.97 Å². The largest absolute Gasteiger partial charge is 0.481 e. The van der Waals surface area contributed by atoms with E-state index in [9.17, 15) is 9.59 Å². The summed E-state index contributed by atoms with van der Waals surface area (Å²) in [5.41, 5.74) is 1.77. The summed E-state index contributed by atoms with van der Waals surface area (Å²) >= 11 is 0. The smallest absolute Gasteiger partial charge is 0.309 e. The highest BCUT2D eigenvalue weighted by Gasteiger charge is 2.28. The fraction of sp³-hybridized carbons (Fsp3) is 0.364. The van der Waals surface area contributed by atoms with Crippen molar-refractivity contribution in [3.63, 3.8) is 0 Å². The number of carboxylic acids is 1. The number of anilines is 1. The molecule has 2 heterocycles. The molecular formula is C11H12N4O3. The molecule has 0 spiro atoms. The Labute approximate surface area is 103 Å². The zero-order chi connectivity index (χ0) is 13.3. The van der Waals surface area contributed by atoms with E-state index < -0.39 is 5.97 Å². The second-order valence-corrected chi connectivity index (χ2v) is 4.07. The van der Waals surface area contributed by atoms with Gasteiger partial charge in [0.05, 0.1) is 18.6 Å². The molecule has 1 amide bonds. The Morgan fingerprint density at radius 3 is 2.56 bits per heavy atom. The Balaban J connectivity index is 2.30. The van der Waals surface area contributed by atoms with Crippen molar-refractivity contribution < 1.29 is 14.7 Å². The van der Waals surface area contributed by atoms with Gasteiger partial charge in [0.15, 0.2) is 0 Å². The topological polar surface area (TPSA) is 95.8 Å². The fourth-order valence-electron chi connectivity index (χ4n) is 1.71. The summed E-state index contributed by atoms with van der Waals surface area (Å²) in [5.74, 6) is -1.13. The van der Waals surface area contributed by atoms with Gasteiger partial charge in [0, 0.05) is 11.4 Å². The molecule has 0 saturated heterocycles. The van der Waals surface area contributed by atoms with Crippen LogP contribution in [0.1, 0.15) is 24.2 Å². The molecule has 94 valence electrons. The van der Waals surface area contributed by atoms with Crippen LogP contribution >= 0.6 is 0 Å². The van der Waals surface area contributed by atoms with Crippen LogP contribution in [0.2, 0.25) is 0 Å². The zero-order valence-electron chi connectivity index (χ0n) is 10.0. The summed E-state index contributed by atoms with van der Waals surface area (Å²) in [5, 5.41) is 13.7. The maximum absolute atomic E-state index is 11.7. The molecule has 0 aromatic carbocycles. The number of aromatic nitrogens is 2. The maximum Gasteiger partial charge on any atom is 0.309 e. The predicted molar refractivity (Wildman–Crippen MR) is 63.3 cm³/mol. The summed E-state index contributed by atoms with van der Waals surface area (Å²) in [6.45, 7) is 3.58. The van der Waals surface area contributed by atoms with Crippen molar-refractivity contribution in [3.05, 3.63) is 17.5 Å². The third kappa shape index (κ3) is 2.50. The van der Waals surface area contributed by atoms with Crippen LogP contribution in [-0.2, 0) is 9.59 Å². The van der Waals surface area contributed by atoms with Gasteiger partial charge < -0.3 is 5.11 Å². The monoisotopic (exact) mass is 248 g/mol. The molecule has 1 aliphatic heterocycles. The van der Waals surface area contributed by atoms with E-state index in [-0.39, 0.29) is 24.7 Å². The van der Waals surface area contributed by atoms with Gasteiger partial charge in [0.2, 0.25) is 0 Å². The van der Waals surface area contributed by atoms with Crippen LogP contribution in [0.3, 0.4) is 0 Å². The minimum absolute atomic E-state index is 0.00263. The predicted octanol–water partition coefficient (Wildman–Crippen LogP) is 0.661. The second kappa shape index (κ2) is 4.52. The minimum Gasteiger partial charge on any atom is -0.481 e. The lowest BCUT2D eigenvalue weighted by atomic mass is 10.2. The third-order valence-electron chi connectivity index (χ3n) is 2.35. The number of aryl methyl sites for hydroxylation is 2. The van der Waals surface area contributed by atoms with Crippen LogP contribution in [-0.4, -0.2) is 32.7 Å². The Hall–Kier alpha value is -2.31. The van der Waals surface area contributed by atoms with Crippen molar-refractivity contribution >= 4 is 23.5 Å². The summed E-state index contributed by atoms with van der Waals surface area (Å²) < 4.78 is 0. The van der Waals surface area contributed by atoms with Crippen molar-refractivity contribution in [2.45, 2.75) is 26.7 Å². The number of hydrazone groups is 1. The molecule has 1 aromatic rings. The lowest BCUT2D eigenvalue weighted by Crippen LogP contribution is -2.22. The number of rotatable bonds is 3. The highest BCUT2D eigenvalue weighted by atomic mass is 16.4. The molecule has 1 N–H and O–H groups in total. The van der Waals surface area contributed by atoms with E-state index in [0.29, 0.717) is 5.71 Å². The molecule has 0 fully saturated rings. The van der Waals surface area contributed by atoms with Crippen molar-refractivity contribution in [2.24, 2.45) is 5.10 Å². The molecule has 0 bridgehead atoms. The molecule has 1 aliphatic rings. The summed E-state index contributed by atoms with van der Waals surface area (Å²) in [6.07, 6.45) is -0.240. The van der Waals surface area contributed by atoms with Gasteiger partial charge in [0.1, 0.15) is 0 Å². The number of amides is 1. The molecule has 0 radical (unpaired) electrons. The van der Waals surface area contributed by atoms with Gasteiger partial charge in [-0.15, -0.1) is 0 Å². The van der Waals surface area contributed by atoms with Crippen LogP contribution in [0, 0.1) is 13.8 Å².